The lowest BCUT2D eigenvalue weighted by Crippen LogP contribution is -2.56. The van der Waals surface area contributed by atoms with Crippen molar-refractivity contribution in [2.45, 2.75) is 16.4 Å². The number of benzene rings is 3. The standard InChI is InChI=1S/C23H19Cl4N3OS/c24-18-8-4-5-9-19(18)28-22(32)30-21(23(25,26)27)29-20(31)14-15-10-12-17(13-11-15)16-6-2-1-3-7-16/h1-13,21H,14H2,(H,29,31)(H2,28,30,32). The van der Waals surface area contributed by atoms with Crippen LogP contribution in [0.3, 0.4) is 0 Å². The highest BCUT2D eigenvalue weighted by atomic mass is 35.6. The fraction of sp³-hybridized carbons (Fsp3) is 0.130. The van der Waals surface area contributed by atoms with E-state index in [1.54, 1.807) is 24.3 Å². The van der Waals surface area contributed by atoms with Crippen molar-refractivity contribution < 1.29 is 4.79 Å². The Kier molecular flexibility index (Phi) is 8.63. The van der Waals surface area contributed by atoms with Gasteiger partial charge < -0.3 is 16.0 Å². The molecular weight excluding hydrogens is 508 g/mol. The molecule has 1 atom stereocenters. The molecule has 0 aromatic heterocycles. The number of thiocarbonyl (C=S) groups is 1. The van der Waals surface area contributed by atoms with E-state index in [0.717, 1.165) is 16.7 Å². The highest BCUT2D eigenvalue weighted by molar-refractivity contribution is 7.80. The van der Waals surface area contributed by atoms with Gasteiger partial charge in [-0.2, -0.15) is 0 Å². The zero-order valence-electron chi connectivity index (χ0n) is 16.6. The minimum absolute atomic E-state index is 0.110. The van der Waals surface area contributed by atoms with Gasteiger partial charge in [-0.05, 0) is 41.0 Å². The van der Waals surface area contributed by atoms with Crippen molar-refractivity contribution in [1.29, 1.82) is 0 Å². The first-order valence-corrected chi connectivity index (χ1v) is 11.5. The Balaban J connectivity index is 1.61. The van der Waals surface area contributed by atoms with E-state index in [-0.39, 0.29) is 17.4 Å². The molecule has 3 rings (SSSR count). The first kappa shape index (κ1) is 24.6. The first-order valence-electron chi connectivity index (χ1n) is 9.55. The average Bonchev–Trinajstić information content (AvgIpc) is 2.75. The minimum Gasteiger partial charge on any atom is -0.339 e. The number of carbonyl (C=O) groups excluding carboxylic acids is 1. The second-order valence-electron chi connectivity index (χ2n) is 6.86. The summed E-state index contributed by atoms with van der Waals surface area (Å²) in [5.41, 5.74) is 3.57. The van der Waals surface area contributed by atoms with Crippen LogP contribution in [0.4, 0.5) is 5.69 Å². The Bertz CT molecular complexity index is 1070. The van der Waals surface area contributed by atoms with Crippen LogP contribution in [0.2, 0.25) is 5.02 Å². The molecule has 0 bridgehead atoms. The molecule has 0 saturated heterocycles. The highest BCUT2D eigenvalue weighted by Gasteiger charge is 2.34. The third-order valence-electron chi connectivity index (χ3n) is 4.46. The van der Waals surface area contributed by atoms with Gasteiger partial charge in [0.1, 0.15) is 6.17 Å². The van der Waals surface area contributed by atoms with E-state index >= 15 is 0 Å². The van der Waals surface area contributed by atoms with Crippen LogP contribution in [-0.4, -0.2) is 21.0 Å². The third-order valence-corrected chi connectivity index (χ3v) is 5.66. The summed E-state index contributed by atoms with van der Waals surface area (Å²) in [5.74, 6) is -0.332. The van der Waals surface area contributed by atoms with Crippen molar-refractivity contribution in [3.05, 3.63) is 89.4 Å². The lowest BCUT2D eigenvalue weighted by atomic mass is 10.0. The Morgan fingerprint density at radius 2 is 1.44 bits per heavy atom. The predicted octanol–water partition coefficient (Wildman–Crippen LogP) is 6.35. The minimum atomic E-state index is -1.85. The van der Waals surface area contributed by atoms with Crippen LogP contribution < -0.4 is 16.0 Å². The topological polar surface area (TPSA) is 53.2 Å². The number of para-hydroxylation sites is 1. The summed E-state index contributed by atoms with van der Waals surface area (Å²) in [5, 5.41) is 9.03. The molecule has 3 aromatic rings. The Hall–Kier alpha value is -2.02. The van der Waals surface area contributed by atoms with E-state index in [9.17, 15) is 4.79 Å². The van der Waals surface area contributed by atoms with Crippen LogP contribution in [-0.2, 0) is 11.2 Å². The number of rotatable bonds is 6. The maximum Gasteiger partial charge on any atom is 0.228 e. The van der Waals surface area contributed by atoms with Gasteiger partial charge in [0.25, 0.3) is 0 Å². The van der Waals surface area contributed by atoms with E-state index in [4.69, 9.17) is 58.6 Å². The summed E-state index contributed by atoms with van der Waals surface area (Å²) in [6.45, 7) is 0. The maximum absolute atomic E-state index is 12.6. The number of hydrogen-bond donors (Lipinski definition) is 3. The lowest BCUT2D eigenvalue weighted by molar-refractivity contribution is -0.121. The molecule has 166 valence electrons. The fourth-order valence-corrected chi connectivity index (χ4v) is 3.63. The van der Waals surface area contributed by atoms with Crippen molar-refractivity contribution in [2.75, 3.05) is 5.32 Å². The van der Waals surface area contributed by atoms with Crippen LogP contribution in [0, 0.1) is 0 Å². The second kappa shape index (κ2) is 11.2. The molecule has 0 aliphatic carbocycles. The molecule has 0 fully saturated rings. The Morgan fingerprint density at radius 3 is 2.06 bits per heavy atom. The normalized spacial score (nSPS) is 12.0. The fourth-order valence-electron chi connectivity index (χ4n) is 2.89. The van der Waals surface area contributed by atoms with E-state index in [2.05, 4.69) is 16.0 Å². The smallest absolute Gasteiger partial charge is 0.228 e. The van der Waals surface area contributed by atoms with Gasteiger partial charge in [-0.25, -0.2) is 0 Å². The number of amides is 1. The molecule has 3 aromatic carbocycles. The summed E-state index contributed by atoms with van der Waals surface area (Å²) >= 11 is 29.6. The van der Waals surface area contributed by atoms with Gasteiger partial charge in [-0.1, -0.05) is 113 Å². The molecule has 4 nitrogen and oxygen atoms in total. The van der Waals surface area contributed by atoms with Gasteiger partial charge >= 0.3 is 0 Å². The molecule has 1 unspecified atom stereocenters. The molecule has 0 aliphatic heterocycles. The summed E-state index contributed by atoms with van der Waals surface area (Å²) in [6.07, 6.45) is -0.954. The summed E-state index contributed by atoms with van der Waals surface area (Å²) in [7, 11) is 0. The van der Waals surface area contributed by atoms with Crippen LogP contribution in [0.15, 0.2) is 78.9 Å². The second-order valence-corrected chi connectivity index (χ2v) is 10.0. The van der Waals surface area contributed by atoms with Crippen LogP contribution in [0.25, 0.3) is 11.1 Å². The number of hydrogen-bond acceptors (Lipinski definition) is 2. The number of nitrogens with one attached hydrogen (secondary N) is 3. The van der Waals surface area contributed by atoms with Crippen molar-refractivity contribution in [3.8, 4) is 11.1 Å². The Labute approximate surface area is 212 Å². The zero-order valence-corrected chi connectivity index (χ0v) is 20.5. The van der Waals surface area contributed by atoms with Crippen LogP contribution in [0.5, 0.6) is 0 Å². The Morgan fingerprint density at radius 1 is 0.844 bits per heavy atom. The quantitative estimate of drug-likeness (QED) is 0.199. The van der Waals surface area contributed by atoms with E-state index in [0.29, 0.717) is 10.7 Å². The number of alkyl halides is 3. The number of carbonyl (C=O) groups is 1. The predicted molar refractivity (Wildman–Crippen MR) is 139 cm³/mol. The highest BCUT2D eigenvalue weighted by Crippen LogP contribution is 2.29. The summed E-state index contributed by atoms with van der Waals surface area (Å²) in [6, 6.07) is 24.7. The zero-order chi connectivity index (χ0) is 23.1. The summed E-state index contributed by atoms with van der Waals surface area (Å²) in [4.78, 5) is 12.6. The average molecular weight is 527 g/mol. The number of anilines is 1. The van der Waals surface area contributed by atoms with Gasteiger partial charge in [0, 0.05) is 0 Å². The maximum atomic E-state index is 12.6. The third kappa shape index (κ3) is 7.26. The molecule has 0 spiro atoms. The van der Waals surface area contributed by atoms with E-state index in [1.165, 1.54) is 0 Å². The SMILES string of the molecule is O=C(Cc1ccc(-c2ccccc2)cc1)NC(NC(=S)Nc1ccccc1Cl)C(Cl)(Cl)Cl. The van der Waals surface area contributed by atoms with E-state index in [1.807, 2.05) is 54.6 Å². The molecular formula is C23H19Cl4N3OS. The van der Waals surface area contributed by atoms with Gasteiger partial charge in [-0.3, -0.25) is 4.79 Å². The van der Waals surface area contributed by atoms with Crippen molar-refractivity contribution in [2.24, 2.45) is 0 Å². The van der Waals surface area contributed by atoms with Gasteiger partial charge in [0.2, 0.25) is 9.70 Å². The van der Waals surface area contributed by atoms with Crippen LogP contribution in [0.1, 0.15) is 5.56 Å². The molecule has 0 aliphatic rings. The van der Waals surface area contributed by atoms with Crippen molar-refractivity contribution in [1.82, 2.24) is 10.6 Å². The number of halogens is 4. The first-order chi connectivity index (χ1) is 15.2. The molecule has 0 radical (unpaired) electrons. The molecule has 1 amide bonds. The van der Waals surface area contributed by atoms with Crippen molar-refractivity contribution >= 4 is 75.3 Å². The molecule has 3 N–H and O–H groups in total. The summed E-state index contributed by atoms with van der Waals surface area (Å²) < 4.78 is -1.85. The lowest BCUT2D eigenvalue weighted by Gasteiger charge is -2.28. The van der Waals surface area contributed by atoms with Gasteiger partial charge in [-0.15, -0.1) is 0 Å². The molecule has 0 heterocycles. The van der Waals surface area contributed by atoms with Crippen LogP contribution >= 0.6 is 58.6 Å². The van der Waals surface area contributed by atoms with Gasteiger partial charge in [0.15, 0.2) is 5.11 Å². The van der Waals surface area contributed by atoms with Gasteiger partial charge in [0.05, 0.1) is 17.1 Å². The van der Waals surface area contributed by atoms with Crippen molar-refractivity contribution in [3.63, 3.8) is 0 Å². The molecule has 32 heavy (non-hydrogen) atoms. The molecule has 9 heteroatoms. The van der Waals surface area contributed by atoms with E-state index < -0.39 is 9.96 Å². The molecule has 0 saturated carbocycles. The largest absolute Gasteiger partial charge is 0.339 e. The monoisotopic (exact) mass is 525 g/mol.